The van der Waals surface area contributed by atoms with E-state index in [1.54, 1.807) is 18.2 Å². The Kier molecular flexibility index (Phi) is 6.57. The second-order valence-corrected chi connectivity index (χ2v) is 9.74. The van der Waals surface area contributed by atoms with Crippen LogP contribution in [-0.2, 0) is 16.4 Å². The number of ether oxygens (including phenoxy) is 1. The molecule has 3 aromatic carbocycles. The van der Waals surface area contributed by atoms with Gasteiger partial charge in [0.15, 0.2) is 0 Å². The second-order valence-electron chi connectivity index (χ2n) is 7.59. The first-order valence-corrected chi connectivity index (χ1v) is 12.4. The van der Waals surface area contributed by atoms with Crippen molar-refractivity contribution in [2.45, 2.75) is 12.6 Å². The van der Waals surface area contributed by atoms with Crippen LogP contribution in [0, 0.1) is 0 Å². The standard InChI is InChI=1S/C23H24ClN3O4S/c1-32(29,30)27-22-12-15(6-9-19(22)24)13-23(28)25-10-11-31-16-7-8-18-17-4-2-3-5-20(17)26-21(18)14-16/h2-9,12,14,23,25-28H,10-11,13H2,1H3. The van der Waals surface area contributed by atoms with Crippen molar-refractivity contribution in [2.75, 3.05) is 24.1 Å². The molecule has 0 fully saturated rings. The summed E-state index contributed by atoms with van der Waals surface area (Å²) in [7, 11) is -3.44. The number of rotatable bonds is 9. The minimum Gasteiger partial charge on any atom is -0.492 e. The smallest absolute Gasteiger partial charge is 0.229 e. The van der Waals surface area contributed by atoms with Crippen LogP contribution in [-0.4, -0.2) is 44.1 Å². The largest absolute Gasteiger partial charge is 0.492 e. The molecule has 4 N–H and O–H groups in total. The van der Waals surface area contributed by atoms with E-state index in [1.807, 2.05) is 36.4 Å². The van der Waals surface area contributed by atoms with E-state index in [4.69, 9.17) is 16.3 Å². The summed E-state index contributed by atoms with van der Waals surface area (Å²) >= 11 is 6.03. The lowest BCUT2D eigenvalue weighted by atomic mass is 10.1. The van der Waals surface area contributed by atoms with Crippen LogP contribution < -0.4 is 14.8 Å². The number of aliphatic hydroxyl groups is 1. The summed E-state index contributed by atoms with van der Waals surface area (Å²) in [5.74, 6) is 0.745. The van der Waals surface area contributed by atoms with Gasteiger partial charge in [-0.3, -0.25) is 10.0 Å². The molecular weight excluding hydrogens is 450 g/mol. The van der Waals surface area contributed by atoms with Gasteiger partial charge in [-0.15, -0.1) is 0 Å². The first-order valence-electron chi connectivity index (χ1n) is 10.1. The fourth-order valence-corrected chi connectivity index (χ4v) is 4.38. The molecule has 0 spiro atoms. The molecule has 4 rings (SSSR count). The van der Waals surface area contributed by atoms with Crippen molar-refractivity contribution in [3.05, 3.63) is 71.2 Å². The average molecular weight is 474 g/mol. The zero-order chi connectivity index (χ0) is 22.7. The Bertz CT molecular complexity index is 1350. The average Bonchev–Trinajstić information content (AvgIpc) is 3.10. The fourth-order valence-electron chi connectivity index (χ4n) is 3.59. The zero-order valence-corrected chi connectivity index (χ0v) is 19.0. The number of nitrogens with one attached hydrogen (secondary N) is 3. The summed E-state index contributed by atoms with van der Waals surface area (Å²) in [6.45, 7) is 0.818. The van der Waals surface area contributed by atoms with Crippen LogP contribution in [0.25, 0.3) is 21.8 Å². The van der Waals surface area contributed by atoms with Gasteiger partial charge in [-0.05, 0) is 35.9 Å². The Balaban J connectivity index is 1.29. The van der Waals surface area contributed by atoms with Gasteiger partial charge < -0.3 is 14.8 Å². The topological polar surface area (TPSA) is 103 Å². The number of aromatic amines is 1. The maximum Gasteiger partial charge on any atom is 0.229 e. The number of aromatic nitrogens is 1. The van der Waals surface area contributed by atoms with E-state index in [1.165, 1.54) is 5.39 Å². The van der Waals surface area contributed by atoms with Crippen LogP contribution in [0.1, 0.15) is 5.56 Å². The Labute approximate surface area is 191 Å². The SMILES string of the molecule is CS(=O)(=O)Nc1cc(CC(O)NCCOc2ccc3c(c2)[nH]c2ccccc23)ccc1Cl. The summed E-state index contributed by atoms with van der Waals surface area (Å²) in [6.07, 6.45) is 0.529. The Morgan fingerprint density at radius 2 is 1.84 bits per heavy atom. The molecule has 0 amide bonds. The Hall–Kier alpha value is -2.78. The van der Waals surface area contributed by atoms with Gasteiger partial charge in [0.2, 0.25) is 10.0 Å². The van der Waals surface area contributed by atoms with Gasteiger partial charge in [-0.25, -0.2) is 8.42 Å². The van der Waals surface area contributed by atoms with Crippen LogP contribution in [0.4, 0.5) is 5.69 Å². The molecule has 0 saturated heterocycles. The highest BCUT2D eigenvalue weighted by Crippen LogP contribution is 2.28. The van der Waals surface area contributed by atoms with Crippen molar-refractivity contribution in [2.24, 2.45) is 0 Å². The van der Waals surface area contributed by atoms with Gasteiger partial charge in [0.25, 0.3) is 0 Å². The molecule has 7 nitrogen and oxygen atoms in total. The molecule has 1 aromatic heterocycles. The molecule has 0 bridgehead atoms. The van der Waals surface area contributed by atoms with E-state index >= 15 is 0 Å². The molecule has 1 heterocycles. The molecule has 0 aliphatic rings. The maximum atomic E-state index is 11.4. The first-order chi connectivity index (χ1) is 15.3. The predicted molar refractivity (Wildman–Crippen MR) is 129 cm³/mol. The Morgan fingerprint density at radius 1 is 1.06 bits per heavy atom. The molecule has 4 aromatic rings. The molecule has 9 heteroatoms. The van der Waals surface area contributed by atoms with Crippen LogP contribution in [0.5, 0.6) is 5.75 Å². The molecule has 0 aliphatic heterocycles. The third-order valence-electron chi connectivity index (χ3n) is 4.98. The number of anilines is 1. The molecule has 1 unspecified atom stereocenters. The van der Waals surface area contributed by atoms with Gasteiger partial charge in [-0.2, -0.15) is 0 Å². The number of halogens is 1. The van der Waals surface area contributed by atoms with E-state index in [9.17, 15) is 13.5 Å². The maximum absolute atomic E-state index is 11.4. The van der Waals surface area contributed by atoms with Crippen LogP contribution >= 0.6 is 11.6 Å². The Morgan fingerprint density at radius 3 is 2.66 bits per heavy atom. The molecule has 32 heavy (non-hydrogen) atoms. The number of hydrogen-bond donors (Lipinski definition) is 4. The summed E-state index contributed by atoms with van der Waals surface area (Å²) in [6, 6.07) is 19.0. The van der Waals surface area contributed by atoms with E-state index in [0.717, 1.165) is 34.0 Å². The normalized spacial score (nSPS) is 12.8. The first kappa shape index (κ1) is 22.4. The van der Waals surface area contributed by atoms with Gasteiger partial charge in [0.05, 0.1) is 22.5 Å². The molecule has 0 aliphatic carbocycles. The lowest BCUT2D eigenvalue weighted by molar-refractivity contribution is 0.130. The highest BCUT2D eigenvalue weighted by Gasteiger charge is 2.11. The van der Waals surface area contributed by atoms with Crippen LogP contribution in [0.2, 0.25) is 5.02 Å². The number of benzene rings is 3. The van der Waals surface area contributed by atoms with Crippen molar-refractivity contribution in [1.29, 1.82) is 0 Å². The number of para-hydroxylation sites is 1. The van der Waals surface area contributed by atoms with Gasteiger partial charge in [0.1, 0.15) is 18.6 Å². The van der Waals surface area contributed by atoms with Gasteiger partial charge in [-0.1, -0.05) is 35.9 Å². The van der Waals surface area contributed by atoms with Crippen LogP contribution in [0.15, 0.2) is 60.7 Å². The highest BCUT2D eigenvalue weighted by atomic mass is 35.5. The minimum atomic E-state index is -3.44. The van der Waals surface area contributed by atoms with E-state index in [0.29, 0.717) is 18.2 Å². The summed E-state index contributed by atoms with van der Waals surface area (Å²) in [5, 5.41) is 15.9. The number of H-pyrrole nitrogens is 1. The van der Waals surface area contributed by atoms with E-state index < -0.39 is 16.3 Å². The number of hydrogen-bond acceptors (Lipinski definition) is 5. The van der Waals surface area contributed by atoms with Crippen molar-refractivity contribution in [1.82, 2.24) is 10.3 Å². The van der Waals surface area contributed by atoms with Crippen molar-refractivity contribution >= 4 is 49.1 Å². The highest BCUT2D eigenvalue weighted by molar-refractivity contribution is 7.92. The molecular formula is C23H24ClN3O4S. The molecule has 0 saturated carbocycles. The molecule has 1 atom stereocenters. The summed E-state index contributed by atoms with van der Waals surface area (Å²) in [5.41, 5.74) is 3.12. The van der Waals surface area contributed by atoms with Gasteiger partial charge in [0, 0.05) is 35.3 Å². The third-order valence-corrected chi connectivity index (χ3v) is 5.90. The molecule has 168 valence electrons. The number of sulfonamides is 1. The second kappa shape index (κ2) is 9.38. The predicted octanol–water partition coefficient (Wildman–Crippen LogP) is 3.88. The number of aliphatic hydroxyl groups excluding tert-OH is 1. The van der Waals surface area contributed by atoms with Gasteiger partial charge >= 0.3 is 0 Å². The fraction of sp³-hybridized carbons (Fsp3) is 0.217. The van der Waals surface area contributed by atoms with Crippen molar-refractivity contribution in [3.8, 4) is 5.75 Å². The quantitative estimate of drug-likeness (QED) is 0.218. The lowest BCUT2D eigenvalue weighted by Crippen LogP contribution is -2.34. The minimum absolute atomic E-state index is 0.287. The lowest BCUT2D eigenvalue weighted by Gasteiger charge is -2.15. The third kappa shape index (κ3) is 5.52. The summed E-state index contributed by atoms with van der Waals surface area (Å²) in [4.78, 5) is 3.39. The van der Waals surface area contributed by atoms with E-state index in [2.05, 4.69) is 21.1 Å². The van der Waals surface area contributed by atoms with Crippen molar-refractivity contribution < 1.29 is 18.3 Å². The monoisotopic (exact) mass is 473 g/mol. The molecule has 0 radical (unpaired) electrons. The number of fused-ring (bicyclic) bond motifs is 3. The zero-order valence-electron chi connectivity index (χ0n) is 17.4. The summed E-state index contributed by atoms with van der Waals surface area (Å²) < 4.78 is 31.1. The van der Waals surface area contributed by atoms with Crippen LogP contribution in [0.3, 0.4) is 0 Å². The van der Waals surface area contributed by atoms with E-state index in [-0.39, 0.29) is 12.1 Å². The van der Waals surface area contributed by atoms with Crippen molar-refractivity contribution in [3.63, 3.8) is 0 Å².